The van der Waals surface area contributed by atoms with Crippen molar-refractivity contribution in [3.63, 3.8) is 0 Å². The predicted molar refractivity (Wildman–Crippen MR) is 74.5 cm³/mol. The van der Waals surface area contributed by atoms with E-state index in [1.807, 2.05) is 19.9 Å². The van der Waals surface area contributed by atoms with E-state index in [0.29, 0.717) is 11.5 Å². The van der Waals surface area contributed by atoms with Crippen LogP contribution in [0.15, 0.2) is 18.2 Å². The van der Waals surface area contributed by atoms with Crippen LogP contribution in [0.2, 0.25) is 0 Å². The maximum atomic E-state index is 11.1. The number of imidazole rings is 1. The van der Waals surface area contributed by atoms with Gasteiger partial charge in [-0.25, -0.2) is 9.78 Å². The number of hydrogen-bond acceptors (Lipinski definition) is 2. The Labute approximate surface area is 112 Å². The maximum Gasteiger partial charge on any atom is 0.335 e. The summed E-state index contributed by atoms with van der Waals surface area (Å²) in [7, 11) is 0. The topological polar surface area (TPSA) is 66.0 Å². The van der Waals surface area contributed by atoms with Crippen molar-refractivity contribution in [2.45, 2.75) is 33.6 Å². The quantitative estimate of drug-likeness (QED) is 0.885. The summed E-state index contributed by atoms with van der Waals surface area (Å²) in [6.07, 6.45) is 0. The van der Waals surface area contributed by atoms with Crippen LogP contribution >= 0.6 is 0 Å². The van der Waals surface area contributed by atoms with E-state index in [1.54, 1.807) is 12.1 Å². The number of nitrogens with one attached hydrogen (secondary N) is 1. The van der Waals surface area contributed by atoms with Gasteiger partial charge in [-0.15, -0.1) is 0 Å². The Balaban J connectivity index is 2.57. The van der Waals surface area contributed by atoms with Gasteiger partial charge >= 0.3 is 5.97 Å². The lowest BCUT2D eigenvalue weighted by Gasteiger charge is -2.06. The molecule has 4 nitrogen and oxygen atoms in total. The van der Waals surface area contributed by atoms with Gasteiger partial charge in [0, 0.05) is 11.5 Å². The van der Waals surface area contributed by atoms with Crippen LogP contribution in [-0.2, 0) is 0 Å². The summed E-state index contributed by atoms with van der Waals surface area (Å²) in [6.45, 7) is 8.05. The van der Waals surface area contributed by atoms with E-state index in [9.17, 15) is 4.79 Å². The van der Waals surface area contributed by atoms with E-state index >= 15 is 0 Å². The fourth-order valence-corrected chi connectivity index (χ4v) is 2.04. The Morgan fingerprint density at radius 1 is 1.32 bits per heavy atom. The van der Waals surface area contributed by atoms with Crippen LogP contribution in [0.25, 0.3) is 11.3 Å². The molecule has 100 valence electrons. The Bertz CT molecular complexity index is 627. The molecular weight excluding hydrogens is 240 g/mol. The van der Waals surface area contributed by atoms with Crippen molar-refractivity contribution in [2.75, 3.05) is 0 Å². The number of aromatic carboxylic acids is 1. The van der Waals surface area contributed by atoms with E-state index < -0.39 is 5.97 Å². The van der Waals surface area contributed by atoms with Gasteiger partial charge < -0.3 is 10.1 Å². The van der Waals surface area contributed by atoms with Gasteiger partial charge in [-0.05, 0) is 31.5 Å². The largest absolute Gasteiger partial charge is 0.478 e. The van der Waals surface area contributed by atoms with E-state index in [4.69, 9.17) is 5.11 Å². The highest BCUT2D eigenvalue weighted by molar-refractivity contribution is 5.89. The lowest BCUT2D eigenvalue weighted by molar-refractivity contribution is 0.0697. The molecule has 0 atom stereocenters. The number of rotatable bonds is 3. The van der Waals surface area contributed by atoms with Crippen molar-refractivity contribution in [3.8, 4) is 11.3 Å². The van der Waals surface area contributed by atoms with Crippen LogP contribution in [0.4, 0.5) is 0 Å². The van der Waals surface area contributed by atoms with Crippen molar-refractivity contribution in [1.29, 1.82) is 0 Å². The minimum absolute atomic E-state index is 0.292. The number of aromatic nitrogens is 2. The van der Waals surface area contributed by atoms with Crippen molar-refractivity contribution in [2.24, 2.45) is 0 Å². The molecule has 0 saturated heterocycles. The van der Waals surface area contributed by atoms with E-state index in [1.165, 1.54) is 0 Å². The lowest BCUT2D eigenvalue weighted by Crippen LogP contribution is -1.98. The van der Waals surface area contributed by atoms with Gasteiger partial charge in [0.1, 0.15) is 5.82 Å². The Hall–Kier alpha value is -2.10. The van der Waals surface area contributed by atoms with Gasteiger partial charge in [-0.3, -0.25) is 0 Å². The van der Waals surface area contributed by atoms with Crippen LogP contribution in [0.3, 0.4) is 0 Å². The highest BCUT2D eigenvalue weighted by Crippen LogP contribution is 2.27. The van der Waals surface area contributed by atoms with Gasteiger partial charge in [0.2, 0.25) is 0 Å². The molecule has 19 heavy (non-hydrogen) atoms. The molecule has 2 aromatic rings. The number of carboxylic acids is 1. The molecule has 1 heterocycles. The molecule has 0 saturated carbocycles. The zero-order chi connectivity index (χ0) is 14.2. The fourth-order valence-electron chi connectivity index (χ4n) is 2.04. The first-order valence-corrected chi connectivity index (χ1v) is 6.31. The summed E-state index contributed by atoms with van der Waals surface area (Å²) in [5.74, 6) is 0.325. The molecule has 0 aliphatic rings. The van der Waals surface area contributed by atoms with E-state index in [2.05, 4.69) is 23.8 Å². The average molecular weight is 258 g/mol. The van der Waals surface area contributed by atoms with Crippen LogP contribution in [-0.4, -0.2) is 21.0 Å². The molecule has 0 aliphatic carbocycles. The number of hydrogen-bond donors (Lipinski definition) is 2. The second kappa shape index (κ2) is 4.88. The maximum absolute atomic E-state index is 11.1. The summed E-state index contributed by atoms with van der Waals surface area (Å²) >= 11 is 0. The lowest BCUT2D eigenvalue weighted by atomic mass is 10.0. The van der Waals surface area contributed by atoms with Crippen LogP contribution in [0, 0.1) is 13.8 Å². The number of benzene rings is 1. The Kier molecular flexibility index (Phi) is 3.42. The van der Waals surface area contributed by atoms with Crippen LogP contribution in [0.1, 0.15) is 47.2 Å². The number of nitrogens with zero attached hydrogens (tertiary/aromatic N) is 1. The predicted octanol–water partition coefficient (Wildman–Crippen LogP) is 3.52. The summed E-state index contributed by atoms with van der Waals surface area (Å²) in [5.41, 5.74) is 4.03. The molecule has 1 aromatic carbocycles. The van der Waals surface area contributed by atoms with Gasteiger partial charge in [0.25, 0.3) is 0 Å². The molecule has 0 fully saturated rings. The zero-order valence-corrected chi connectivity index (χ0v) is 11.6. The highest BCUT2D eigenvalue weighted by Gasteiger charge is 2.14. The normalized spacial score (nSPS) is 11.0. The van der Waals surface area contributed by atoms with E-state index in [0.717, 1.165) is 28.3 Å². The highest BCUT2D eigenvalue weighted by atomic mass is 16.4. The van der Waals surface area contributed by atoms with Gasteiger partial charge in [-0.1, -0.05) is 19.9 Å². The van der Waals surface area contributed by atoms with Gasteiger partial charge in [0.05, 0.1) is 17.0 Å². The minimum Gasteiger partial charge on any atom is -0.478 e. The SMILES string of the molecule is Cc1ccc(C(=O)O)cc1-c1[nH]c(C(C)C)nc1C. The molecular formula is C15H18N2O2. The van der Waals surface area contributed by atoms with Crippen molar-refractivity contribution < 1.29 is 9.90 Å². The average Bonchev–Trinajstić information content (AvgIpc) is 2.72. The van der Waals surface area contributed by atoms with Crippen LogP contribution < -0.4 is 0 Å². The number of aromatic amines is 1. The third-order valence-electron chi connectivity index (χ3n) is 3.20. The number of carbonyl (C=O) groups is 1. The first-order chi connectivity index (χ1) is 8.90. The number of aryl methyl sites for hydroxylation is 2. The minimum atomic E-state index is -0.914. The van der Waals surface area contributed by atoms with Gasteiger partial charge in [0.15, 0.2) is 0 Å². The summed E-state index contributed by atoms with van der Waals surface area (Å²) < 4.78 is 0. The first kappa shape index (κ1) is 13.3. The molecule has 0 bridgehead atoms. The molecule has 0 unspecified atom stereocenters. The molecule has 0 aliphatic heterocycles. The summed E-state index contributed by atoms with van der Waals surface area (Å²) in [4.78, 5) is 18.9. The second-order valence-electron chi connectivity index (χ2n) is 5.07. The molecule has 0 spiro atoms. The zero-order valence-electron chi connectivity index (χ0n) is 11.6. The summed E-state index contributed by atoms with van der Waals surface area (Å²) in [5, 5.41) is 9.08. The molecule has 2 N–H and O–H groups in total. The van der Waals surface area contributed by atoms with Gasteiger partial charge in [-0.2, -0.15) is 0 Å². The first-order valence-electron chi connectivity index (χ1n) is 6.31. The smallest absolute Gasteiger partial charge is 0.335 e. The molecule has 2 rings (SSSR count). The van der Waals surface area contributed by atoms with E-state index in [-0.39, 0.29) is 0 Å². The molecule has 0 amide bonds. The third kappa shape index (κ3) is 2.52. The van der Waals surface area contributed by atoms with Crippen molar-refractivity contribution in [1.82, 2.24) is 9.97 Å². The summed E-state index contributed by atoms with van der Waals surface area (Å²) in [6, 6.07) is 5.15. The number of H-pyrrole nitrogens is 1. The third-order valence-corrected chi connectivity index (χ3v) is 3.20. The standard InChI is InChI=1S/C15H18N2O2/c1-8(2)14-16-10(4)13(17-14)12-7-11(15(18)19)6-5-9(12)3/h5-8H,1-4H3,(H,16,17)(H,18,19). The second-order valence-corrected chi connectivity index (χ2v) is 5.07. The fraction of sp³-hybridized carbons (Fsp3) is 0.333. The van der Waals surface area contributed by atoms with Crippen molar-refractivity contribution >= 4 is 5.97 Å². The molecule has 1 aromatic heterocycles. The van der Waals surface area contributed by atoms with Crippen LogP contribution in [0.5, 0.6) is 0 Å². The number of carboxylic acid groups (broad SMARTS) is 1. The molecule has 4 heteroatoms. The van der Waals surface area contributed by atoms with Crippen molar-refractivity contribution in [3.05, 3.63) is 40.8 Å². The monoisotopic (exact) mass is 258 g/mol. The Morgan fingerprint density at radius 3 is 2.53 bits per heavy atom. The Morgan fingerprint density at radius 2 is 2.00 bits per heavy atom. The molecule has 0 radical (unpaired) electrons.